The SMILES string of the molecule is COc1ccc(C)cc1C=CC(=O)NCc1cccc(NC(=O)C2CCCO2)c1. The lowest BCUT2D eigenvalue weighted by Crippen LogP contribution is -2.27. The fraction of sp³-hybridized carbons (Fsp3) is 0.304. The van der Waals surface area contributed by atoms with Crippen molar-refractivity contribution < 1.29 is 19.1 Å². The van der Waals surface area contributed by atoms with Crippen LogP contribution in [0.4, 0.5) is 5.69 Å². The molecule has 1 atom stereocenters. The van der Waals surface area contributed by atoms with Gasteiger partial charge in [-0.2, -0.15) is 0 Å². The second kappa shape index (κ2) is 9.89. The number of carbonyl (C=O) groups is 2. The normalized spacial score (nSPS) is 16.0. The van der Waals surface area contributed by atoms with E-state index in [2.05, 4.69) is 10.6 Å². The topological polar surface area (TPSA) is 76.7 Å². The van der Waals surface area contributed by atoms with Gasteiger partial charge in [0, 0.05) is 30.5 Å². The summed E-state index contributed by atoms with van der Waals surface area (Å²) in [5.74, 6) is 0.385. The van der Waals surface area contributed by atoms with Gasteiger partial charge in [0.2, 0.25) is 5.91 Å². The Balaban J connectivity index is 1.55. The molecular weight excluding hydrogens is 368 g/mol. The molecule has 6 heteroatoms. The lowest BCUT2D eigenvalue weighted by molar-refractivity contribution is -0.124. The zero-order valence-corrected chi connectivity index (χ0v) is 16.7. The Bertz CT molecular complexity index is 902. The van der Waals surface area contributed by atoms with E-state index in [0.717, 1.165) is 29.5 Å². The highest BCUT2D eigenvalue weighted by molar-refractivity contribution is 5.94. The van der Waals surface area contributed by atoms with E-state index in [-0.39, 0.29) is 17.9 Å². The Morgan fingerprint density at radius 2 is 2.10 bits per heavy atom. The van der Waals surface area contributed by atoms with Crippen LogP contribution in [-0.4, -0.2) is 31.6 Å². The number of hydrogen-bond donors (Lipinski definition) is 2. The van der Waals surface area contributed by atoms with E-state index in [9.17, 15) is 9.59 Å². The summed E-state index contributed by atoms with van der Waals surface area (Å²) >= 11 is 0. The number of rotatable bonds is 7. The van der Waals surface area contributed by atoms with Crippen LogP contribution in [0.1, 0.15) is 29.5 Å². The van der Waals surface area contributed by atoms with Crippen molar-refractivity contribution in [1.29, 1.82) is 0 Å². The zero-order valence-electron chi connectivity index (χ0n) is 16.7. The van der Waals surface area contributed by atoms with Crippen LogP contribution in [0.5, 0.6) is 5.75 Å². The largest absolute Gasteiger partial charge is 0.496 e. The number of ether oxygens (including phenoxy) is 2. The molecule has 1 aliphatic rings. The Labute approximate surface area is 170 Å². The molecule has 1 saturated heterocycles. The van der Waals surface area contributed by atoms with Crippen molar-refractivity contribution >= 4 is 23.6 Å². The van der Waals surface area contributed by atoms with Crippen LogP contribution in [0.3, 0.4) is 0 Å². The monoisotopic (exact) mass is 394 g/mol. The first-order chi connectivity index (χ1) is 14.0. The molecule has 0 bridgehead atoms. The number of methoxy groups -OCH3 is 1. The van der Waals surface area contributed by atoms with Crippen LogP contribution in [-0.2, 0) is 20.9 Å². The van der Waals surface area contributed by atoms with Gasteiger partial charge in [-0.15, -0.1) is 0 Å². The predicted octanol–water partition coefficient (Wildman–Crippen LogP) is 3.45. The quantitative estimate of drug-likeness (QED) is 0.705. The molecule has 0 aliphatic carbocycles. The molecule has 2 N–H and O–H groups in total. The highest BCUT2D eigenvalue weighted by Crippen LogP contribution is 2.21. The average Bonchev–Trinajstić information content (AvgIpc) is 3.26. The van der Waals surface area contributed by atoms with Gasteiger partial charge in [0.25, 0.3) is 5.91 Å². The maximum atomic E-state index is 12.2. The fourth-order valence-corrected chi connectivity index (χ4v) is 3.16. The van der Waals surface area contributed by atoms with Crippen LogP contribution < -0.4 is 15.4 Å². The minimum Gasteiger partial charge on any atom is -0.496 e. The summed E-state index contributed by atoms with van der Waals surface area (Å²) in [6.07, 6.45) is 4.51. The van der Waals surface area contributed by atoms with Gasteiger partial charge in [-0.05, 0) is 55.7 Å². The van der Waals surface area contributed by atoms with E-state index >= 15 is 0 Å². The van der Waals surface area contributed by atoms with Gasteiger partial charge < -0.3 is 20.1 Å². The third-order valence-electron chi connectivity index (χ3n) is 4.68. The van der Waals surface area contributed by atoms with Gasteiger partial charge in [0.05, 0.1) is 7.11 Å². The molecular formula is C23H26N2O4. The second-order valence-electron chi connectivity index (χ2n) is 6.99. The summed E-state index contributed by atoms with van der Waals surface area (Å²) in [5.41, 5.74) is 3.52. The van der Waals surface area contributed by atoms with E-state index in [1.54, 1.807) is 13.2 Å². The first kappa shape index (κ1) is 20.6. The third-order valence-corrected chi connectivity index (χ3v) is 4.68. The van der Waals surface area contributed by atoms with E-state index in [1.165, 1.54) is 6.08 Å². The summed E-state index contributed by atoms with van der Waals surface area (Å²) < 4.78 is 10.7. The standard InChI is InChI=1S/C23H26N2O4/c1-16-8-10-20(28-2)18(13-16)9-11-22(26)24-15-17-5-3-6-19(14-17)25-23(27)21-7-4-12-29-21/h3,5-6,8-11,13-14,21H,4,7,12,15H2,1-2H3,(H,24,26)(H,25,27). The van der Waals surface area contributed by atoms with Crippen molar-refractivity contribution in [3.8, 4) is 5.75 Å². The molecule has 0 saturated carbocycles. The summed E-state index contributed by atoms with van der Waals surface area (Å²) in [7, 11) is 1.60. The molecule has 0 aromatic heterocycles. The summed E-state index contributed by atoms with van der Waals surface area (Å²) in [4.78, 5) is 24.3. The molecule has 6 nitrogen and oxygen atoms in total. The van der Waals surface area contributed by atoms with E-state index < -0.39 is 0 Å². The first-order valence-corrected chi connectivity index (χ1v) is 9.67. The van der Waals surface area contributed by atoms with Crippen LogP contribution in [0.15, 0.2) is 48.5 Å². The summed E-state index contributed by atoms with van der Waals surface area (Å²) in [5, 5.41) is 5.72. The van der Waals surface area contributed by atoms with Crippen molar-refractivity contribution in [2.75, 3.05) is 19.0 Å². The molecule has 2 aromatic carbocycles. The number of aryl methyl sites for hydroxylation is 1. The highest BCUT2D eigenvalue weighted by Gasteiger charge is 2.23. The van der Waals surface area contributed by atoms with E-state index in [1.807, 2.05) is 49.4 Å². The molecule has 2 amide bonds. The van der Waals surface area contributed by atoms with Crippen molar-refractivity contribution in [1.82, 2.24) is 5.32 Å². The van der Waals surface area contributed by atoms with Gasteiger partial charge in [0.15, 0.2) is 0 Å². The Morgan fingerprint density at radius 1 is 1.24 bits per heavy atom. The van der Waals surface area contributed by atoms with Crippen molar-refractivity contribution in [2.45, 2.75) is 32.4 Å². The molecule has 1 aliphatic heterocycles. The van der Waals surface area contributed by atoms with Crippen LogP contribution in [0, 0.1) is 6.92 Å². The number of carbonyl (C=O) groups excluding carboxylic acids is 2. The number of hydrogen-bond acceptors (Lipinski definition) is 4. The summed E-state index contributed by atoms with van der Waals surface area (Å²) in [6.45, 7) is 2.98. The van der Waals surface area contributed by atoms with Crippen LogP contribution >= 0.6 is 0 Å². The highest BCUT2D eigenvalue weighted by atomic mass is 16.5. The number of amides is 2. The predicted molar refractivity (Wildman–Crippen MR) is 113 cm³/mol. The van der Waals surface area contributed by atoms with Crippen molar-refractivity contribution in [3.05, 3.63) is 65.2 Å². The smallest absolute Gasteiger partial charge is 0.253 e. The third kappa shape index (κ3) is 5.93. The number of benzene rings is 2. The van der Waals surface area contributed by atoms with Gasteiger partial charge in [-0.3, -0.25) is 9.59 Å². The molecule has 1 heterocycles. The van der Waals surface area contributed by atoms with E-state index in [4.69, 9.17) is 9.47 Å². The van der Waals surface area contributed by atoms with Crippen molar-refractivity contribution in [2.24, 2.45) is 0 Å². The number of nitrogens with one attached hydrogen (secondary N) is 2. The Hall–Kier alpha value is -3.12. The summed E-state index contributed by atoms with van der Waals surface area (Å²) in [6, 6.07) is 13.2. The van der Waals surface area contributed by atoms with Gasteiger partial charge in [-0.25, -0.2) is 0 Å². The molecule has 1 unspecified atom stereocenters. The molecule has 2 aromatic rings. The molecule has 3 rings (SSSR count). The minimum absolute atomic E-state index is 0.126. The van der Waals surface area contributed by atoms with Gasteiger partial charge >= 0.3 is 0 Å². The average molecular weight is 394 g/mol. The van der Waals surface area contributed by atoms with Gasteiger partial charge in [0.1, 0.15) is 11.9 Å². The minimum atomic E-state index is -0.373. The second-order valence-corrected chi connectivity index (χ2v) is 6.99. The van der Waals surface area contributed by atoms with E-state index in [0.29, 0.717) is 24.6 Å². The Kier molecular flexibility index (Phi) is 7.03. The fourth-order valence-electron chi connectivity index (χ4n) is 3.16. The van der Waals surface area contributed by atoms with Crippen LogP contribution in [0.25, 0.3) is 6.08 Å². The Morgan fingerprint density at radius 3 is 2.86 bits per heavy atom. The molecule has 152 valence electrons. The number of anilines is 1. The van der Waals surface area contributed by atoms with Crippen LogP contribution in [0.2, 0.25) is 0 Å². The lowest BCUT2D eigenvalue weighted by Gasteiger charge is -2.11. The molecule has 29 heavy (non-hydrogen) atoms. The molecule has 0 radical (unpaired) electrons. The molecule has 1 fully saturated rings. The zero-order chi connectivity index (χ0) is 20.6. The maximum absolute atomic E-state index is 12.2. The lowest BCUT2D eigenvalue weighted by atomic mass is 10.1. The first-order valence-electron chi connectivity index (χ1n) is 9.67. The van der Waals surface area contributed by atoms with Gasteiger partial charge in [-0.1, -0.05) is 23.8 Å². The maximum Gasteiger partial charge on any atom is 0.253 e. The van der Waals surface area contributed by atoms with Crippen molar-refractivity contribution in [3.63, 3.8) is 0 Å². The molecule has 0 spiro atoms.